The number of fused-ring (bicyclic) bond motifs is 2. The lowest BCUT2D eigenvalue weighted by molar-refractivity contribution is 0.0958. The SMILES string of the molecule is Cn1ccc2cccc(C(=O)n3c(=O)oc4c(N)cccc43)c21. The van der Waals surface area contributed by atoms with Crippen molar-refractivity contribution in [3.63, 3.8) is 0 Å². The van der Waals surface area contributed by atoms with Crippen LogP contribution in [0.2, 0.25) is 0 Å². The topological polar surface area (TPSA) is 83.2 Å². The van der Waals surface area contributed by atoms with E-state index in [1.54, 1.807) is 30.3 Å². The molecule has 0 aliphatic carbocycles. The number of nitrogens with two attached hydrogens (primary N) is 1. The van der Waals surface area contributed by atoms with E-state index in [4.69, 9.17) is 10.2 Å². The number of rotatable bonds is 1. The van der Waals surface area contributed by atoms with Gasteiger partial charge in [0.2, 0.25) is 0 Å². The van der Waals surface area contributed by atoms with Crippen LogP contribution in [0.25, 0.3) is 22.0 Å². The molecule has 0 atom stereocenters. The van der Waals surface area contributed by atoms with Crippen molar-refractivity contribution in [2.75, 3.05) is 5.73 Å². The lowest BCUT2D eigenvalue weighted by Crippen LogP contribution is -2.23. The predicted octanol–water partition coefficient (Wildman–Crippen LogP) is 2.36. The number of anilines is 1. The zero-order chi connectivity index (χ0) is 16.1. The summed E-state index contributed by atoms with van der Waals surface area (Å²) in [7, 11) is 1.85. The Morgan fingerprint density at radius 3 is 2.74 bits per heavy atom. The molecule has 2 N–H and O–H groups in total. The minimum atomic E-state index is -0.742. The minimum absolute atomic E-state index is 0.227. The smallest absolute Gasteiger partial charge is 0.405 e. The summed E-state index contributed by atoms with van der Waals surface area (Å²) in [5.41, 5.74) is 7.93. The van der Waals surface area contributed by atoms with E-state index in [1.165, 1.54) is 0 Å². The second-order valence-corrected chi connectivity index (χ2v) is 5.37. The lowest BCUT2D eigenvalue weighted by atomic mass is 10.1. The Kier molecular flexibility index (Phi) is 2.68. The average molecular weight is 307 g/mol. The third-order valence-electron chi connectivity index (χ3n) is 3.97. The van der Waals surface area contributed by atoms with Crippen LogP contribution in [-0.2, 0) is 7.05 Å². The first kappa shape index (κ1) is 13.4. The molecule has 114 valence electrons. The van der Waals surface area contributed by atoms with Gasteiger partial charge in [-0.15, -0.1) is 0 Å². The Balaban J connectivity index is 2.03. The van der Waals surface area contributed by atoms with E-state index in [2.05, 4.69) is 0 Å². The summed E-state index contributed by atoms with van der Waals surface area (Å²) in [5.74, 6) is -1.18. The van der Waals surface area contributed by atoms with Gasteiger partial charge in [0.05, 0.1) is 16.8 Å². The van der Waals surface area contributed by atoms with Gasteiger partial charge in [0.1, 0.15) is 5.52 Å². The van der Waals surface area contributed by atoms with Crippen LogP contribution in [0.3, 0.4) is 0 Å². The standard InChI is InChI=1S/C17H13N3O3/c1-19-9-8-10-4-2-5-11(14(10)19)16(21)20-13-7-3-6-12(18)15(13)23-17(20)22/h2-9H,18H2,1H3. The number of aromatic nitrogens is 2. The van der Waals surface area contributed by atoms with Crippen LogP contribution in [0.15, 0.2) is 57.9 Å². The third-order valence-corrected chi connectivity index (χ3v) is 3.97. The molecule has 0 unspecified atom stereocenters. The summed E-state index contributed by atoms with van der Waals surface area (Å²) < 4.78 is 8.02. The van der Waals surface area contributed by atoms with Gasteiger partial charge in [-0.25, -0.2) is 9.36 Å². The predicted molar refractivity (Wildman–Crippen MR) is 87.5 cm³/mol. The molecule has 0 saturated carbocycles. The Bertz CT molecular complexity index is 1130. The van der Waals surface area contributed by atoms with E-state index in [0.717, 1.165) is 15.5 Å². The monoisotopic (exact) mass is 307 g/mol. The highest BCUT2D eigenvalue weighted by molar-refractivity contribution is 6.09. The van der Waals surface area contributed by atoms with E-state index in [1.807, 2.05) is 29.9 Å². The van der Waals surface area contributed by atoms with Crippen LogP contribution in [0, 0.1) is 0 Å². The third kappa shape index (κ3) is 1.81. The Morgan fingerprint density at radius 1 is 1.13 bits per heavy atom. The molecule has 4 rings (SSSR count). The maximum absolute atomic E-state index is 13.0. The van der Waals surface area contributed by atoms with Crippen LogP contribution in [0.4, 0.5) is 5.69 Å². The first-order chi connectivity index (χ1) is 11.1. The normalized spacial score (nSPS) is 11.3. The number of para-hydroxylation sites is 2. The number of carbonyl (C=O) groups is 1. The minimum Gasteiger partial charge on any atom is -0.405 e. The quantitative estimate of drug-likeness (QED) is 0.547. The first-order valence-corrected chi connectivity index (χ1v) is 7.07. The number of oxazole rings is 1. The molecule has 0 aliphatic heterocycles. The van der Waals surface area contributed by atoms with E-state index in [-0.39, 0.29) is 5.58 Å². The molecular formula is C17H13N3O3. The summed E-state index contributed by atoms with van der Waals surface area (Å²) in [6.45, 7) is 0. The highest BCUT2D eigenvalue weighted by Gasteiger charge is 2.21. The molecule has 0 amide bonds. The van der Waals surface area contributed by atoms with Crippen molar-refractivity contribution in [2.45, 2.75) is 0 Å². The molecule has 2 aromatic heterocycles. The zero-order valence-electron chi connectivity index (χ0n) is 12.3. The van der Waals surface area contributed by atoms with Crippen LogP contribution >= 0.6 is 0 Å². The second-order valence-electron chi connectivity index (χ2n) is 5.37. The Labute approximate surface area is 130 Å². The van der Waals surface area contributed by atoms with E-state index >= 15 is 0 Å². The summed E-state index contributed by atoms with van der Waals surface area (Å²) >= 11 is 0. The fourth-order valence-electron chi connectivity index (χ4n) is 2.90. The molecule has 6 nitrogen and oxygen atoms in total. The maximum atomic E-state index is 13.0. The number of nitrogens with zero attached hydrogens (tertiary/aromatic N) is 2. The number of carbonyl (C=O) groups excluding carboxylic acids is 1. The summed E-state index contributed by atoms with van der Waals surface area (Å²) in [5, 5.41) is 0.929. The molecule has 0 fully saturated rings. The summed E-state index contributed by atoms with van der Waals surface area (Å²) in [6.07, 6.45) is 1.87. The van der Waals surface area contributed by atoms with Crippen molar-refractivity contribution >= 4 is 33.6 Å². The molecule has 6 heteroatoms. The fraction of sp³-hybridized carbons (Fsp3) is 0.0588. The van der Waals surface area contributed by atoms with Gasteiger partial charge in [0.15, 0.2) is 5.58 Å². The fourth-order valence-corrected chi connectivity index (χ4v) is 2.90. The van der Waals surface area contributed by atoms with Crippen LogP contribution in [0.5, 0.6) is 0 Å². The van der Waals surface area contributed by atoms with Gasteiger partial charge in [-0.3, -0.25) is 4.79 Å². The lowest BCUT2D eigenvalue weighted by Gasteiger charge is -2.06. The van der Waals surface area contributed by atoms with Crippen molar-refractivity contribution in [1.82, 2.24) is 9.13 Å². The number of hydrogen-bond donors (Lipinski definition) is 1. The van der Waals surface area contributed by atoms with Crippen LogP contribution < -0.4 is 11.5 Å². The maximum Gasteiger partial charge on any atom is 0.427 e. The summed E-state index contributed by atoms with van der Waals surface area (Å²) in [6, 6.07) is 12.3. The molecule has 0 aliphatic rings. The van der Waals surface area contributed by atoms with Crippen molar-refractivity contribution in [3.8, 4) is 0 Å². The van der Waals surface area contributed by atoms with Crippen molar-refractivity contribution < 1.29 is 9.21 Å². The largest absolute Gasteiger partial charge is 0.427 e. The number of aryl methyl sites for hydroxylation is 1. The van der Waals surface area contributed by atoms with Gasteiger partial charge in [-0.1, -0.05) is 18.2 Å². The highest BCUT2D eigenvalue weighted by Crippen LogP contribution is 2.23. The highest BCUT2D eigenvalue weighted by atomic mass is 16.4. The molecular weight excluding hydrogens is 294 g/mol. The Morgan fingerprint density at radius 2 is 1.91 bits per heavy atom. The molecule has 4 aromatic rings. The van der Waals surface area contributed by atoms with Crippen LogP contribution in [-0.4, -0.2) is 15.0 Å². The van der Waals surface area contributed by atoms with Gasteiger partial charge in [0, 0.05) is 18.6 Å². The molecule has 0 radical (unpaired) electrons. The average Bonchev–Trinajstić information content (AvgIpc) is 3.08. The Hall–Kier alpha value is -3.28. The number of benzene rings is 2. The van der Waals surface area contributed by atoms with Crippen molar-refractivity contribution in [1.29, 1.82) is 0 Å². The molecule has 0 bridgehead atoms. The van der Waals surface area contributed by atoms with Crippen molar-refractivity contribution in [3.05, 3.63) is 64.8 Å². The van der Waals surface area contributed by atoms with Gasteiger partial charge in [0.25, 0.3) is 5.91 Å². The number of hydrogen-bond acceptors (Lipinski definition) is 4. The van der Waals surface area contributed by atoms with Gasteiger partial charge in [-0.05, 0) is 24.3 Å². The van der Waals surface area contributed by atoms with E-state index < -0.39 is 11.7 Å². The second kappa shape index (κ2) is 4.61. The molecule has 2 heterocycles. The first-order valence-electron chi connectivity index (χ1n) is 7.07. The number of nitrogen functional groups attached to an aromatic ring is 1. The summed E-state index contributed by atoms with van der Waals surface area (Å²) in [4.78, 5) is 25.1. The zero-order valence-corrected chi connectivity index (χ0v) is 12.3. The van der Waals surface area contributed by atoms with E-state index in [9.17, 15) is 9.59 Å². The molecule has 2 aromatic carbocycles. The van der Waals surface area contributed by atoms with Crippen LogP contribution in [0.1, 0.15) is 10.4 Å². The van der Waals surface area contributed by atoms with Crippen molar-refractivity contribution in [2.24, 2.45) is 7.05 Å². The van der Waals surface area contributed by atoms with Gasteiger partial charge >= 0.3 is 5.76 Å². The molecule has 0 saturated heterocycles. The molecule has 0 spiro atoms. The van der Waals surface area contributed by atoms with Gasteiger partial charge < -0.3 is 14.7 Å². The molecule has 23 heavy (non-hydrogen) atoms. The van der Waals surface area contributed by atoms with E-state index in [0.29, 0.717) is 16.8 Å². The van der Waals surface area contributed by atoms with Gasteiger partial charge in [-0.2, -0.15) is 0 Å².